The first kappa shape index (κ1) is 17.4. The molecule has 1 rings (SSSR count). The van der Waals surface area contributed by atoms with Gasteiger partial charge in [-0.1, -0.05) is 59.6 Å². The van der Waals surface area contributed by atoms with Crippen molar-refractivity contribution < 1.29 is 4.74 Å². The fraction of sp³-hybridized carbons (Fsp3) is 0.500. The highest BCUT2D eigenvalue weighted by molar-refractivity contribution is 9.10. The molecule has 1 nitrogen and oxygen atoms in total. The molecule has 0 aromatic heterocycles. The fourth-order valence-electron chi connectivity index (χ4n) is 0.687. The number of halogens is 2. The lowest BCUT2D eigenvalue weighted by atomic mass is 10.3. The van der Waals surface area contributed by atoms with Crippen LogP contribution in [0.25, 0.3) is 0 Å². The molecular weight excluding hydrogens is 320 g/mol. The molecule has 0 saturated heterocycles. The lowest BCUT2D eigenvalue weighted by Gasteiger charge is -2.02. The van der Waals surface area contributed by atoms with Crippen LogP contribution in [0.5, 0.6) is 5.75 Å². The molecule has 0 aliphatic carbocycles. The van der Waals surface area contributed by atoms with Crippen molar-refractivity contribution >= 4 is 31.9 Å². The predicted octanol–water partition coefficient (Wildman–Crippen LogP) is 5.28. The molecule has 0 heterocycles. The predicted molar refractivity (Wildman–Crippen MR) is 76.1 cm³/mol. The minimum absolute atomic E-state index is 0.710. The summed E-state index contributed by atoms with van der Waals surface area (Å²) in [4.78, 5) is 0. The second-order valence-corrected chi connectivity index (χ2v) is 3.70. The third-order valence-corrected chi connectivity index (χ3v) is 2.01. The van der Waals surface area contributed by atoms with Crippen LogP contribution in [0.1, 0.15) is 27.7 Å². The zero-order chi connectivity index (χ0) is 12.1. The van der Waals surface area contributed by atoms with Crippen LogP contribution >= 0.6 is 31.9 Å². The van der Waals surface area contributed by atoms with Gasteiger partial charge in [-0.15, -0.1) is 0 Å². The fourth-order valence-corrected chi connectivity index (χ4v) is 1.11. The lowest BCUT2D eigenvalue weighted by molar-refractivity contribution is 0.345. The largest absolute Gasteiger partial charge is 0.493 e. The minimum atomic E-state index is 0.710. The van der Waals surface area contributed by atoms with Gasteiger partial charge in [-0.25, -0.2) is 0 Å². The Morgan fingerprint density at radius 1 is 1.00 bits per heavy atom. The van der Waals surface area contributed by atoms with Gasteiger partial charge in [0.25, 0.3) is 0 Å². The summed E-state index contributed by atoms with van der Waals surface area (Å²) in [5.74, 6) is 0.910. The monoisotopic (exact) mass is 338 g/mol. The molecule has 0 aliphatic rings. The summed E-state index contributed by atoms with van der Waals surface area (Å²) in [6.07, 6.45) is 0. The van der Waals surface area contributed by atoms with Crippen LogP contribution in [0.4, 0.5) is 0 Å². The van der Waals surface area contributed by atoms with Crippen LogP contribution in [-0.4, -0.2) is 11.9 Å². The molecule has 0 fully saturated rings. The molecule has 88 valence electrons. The van der Waals surface area contributed by atoms with Gasteiger partial charge in [0.15, 0.2) is 0 Å². The van der Waals surface area contributed by atoms with Crippen LogP contribution < -0.4 is 4.74 Å². The van der Waals surface area contributed by atoms with Crippen LogP contribution in [0, 0.1) is 0 Å². The molecule has 0 saturated carbocycles. The van der Waals surface area contributed by atoms with E-state index in [2.05, 4.69) is 31.9 Å². The number of rotatable bonds is 3. The average molecular weight is 340 g/mol. The van der Waals surface area contributed by atoms with Gasteiger partial charge in [0, 0.05) is 9.80 Å². The maximum absolute atomic E-state index is 5.34. The normalized spacial score (nSPS) is 7.87. The first-order valence-corrected chi connectivity index (χ1v) is 7.18. The number of ether oxygens (including phenoxy) is 1. The van der Waals surface area contributed by atoms with Gasteiger partial charge in [0.05, 0.1) is 6.61 Å². The van der Waals surface area contributed by atoms with E-state index in [1.54, 1.807) is 0 Å². The molecule has 15 heavy (non-hydrogen) atoms. The van der Waals surface area contributed by atoms with Gasteiger partial charge >= 0.3 is 0 Å². The zero-order valence-electron chi connectivity index (χ0n) is 9.89. The molecule has 1 aromatic carbocycles. The Hall–Kier alpha value is -0.0200. The highest BCUT2D eigenvalue weighted by Crippen LogP contribution is 2.15. The number of alkyl halides is 1. The van der Waals surface area contributed by atoms with E-state index >= 15 is 0 Å². The maximum atomic E-state index is 5.34. The number of benzene rings is 1. The summed E-state index contributed by atoms with van der Waals surface area (Å²) >= 11 is 6.64. The van der Waals surface area contributed by atoms with Gasteiger partial charge in [0.2, 0.25) is 0 Å². The standard InChI is InChI=1S/C8H8Br2O.2C2H6/c9-5-6-11-8-3-1-7(10)2-4-8;2*1-2/h1-4H,5-6H2;2*1-2H3. The van der Waals surface area contributed by atoms with Crippen LogP contribution in [0.3, 0.4) is 0 Å². The first-order chi connectivity index (χ1) is 7.33. The quantitative estimate of drug-likeness (QED) is 0.681. The Morgan fingerprint density at radius 3 is 1.87 bits per heavy atom. The van der Waals surface area contributed by atoms with Crippen LogP contribution in [-0.2, 0) is 0 Å². The topological polar surface area (TPSA) is 9.23 Å². The van der Waals surface area contributed by atoms with E-state index in [0.717, 1.165) is 15.6 Å². The van der Waals surface area contributed by atoms with Crippen LogP contribution in [0.15, 0.2) is 28.7 Å². The molecule has 0 bridgehead atoms. The van der Waals surface area contributed by atoms with E-state index < -0.39 is 0 Å². The molecule has 0 amide bonds. The van der Waals surface area contributed by atoms with Gasteiger partial charge < -0.3 is 4.74 Å². The number of hydrogen-bond acceptors (Lipinski definition) is 1. The highest BCUT2D eigenvalue weighted by atomic mass is 79.9. The van der Waals surface area contributed by atoms with E-state index in [-0.39, 0.29) is 0 Å². The Morgan fingerprint density at radius 2 is 1.47 bits per heavy atom. The summed E-state index contributed by atoms with van der Waals surface area (Å²) < 4.78 is 6.42. The average Bonchev–Trinajstić information content (AvgIpc) is 2.34. The van der Waals surface area contributed by atoms with Gasteiger partial charge in [-0.3, -0.25) is 0 Å². The van der Waals surface area contributed by atoms with Crippen molar-refractivity contribution in [3.05, 3.63) is 28.7 Å². The SMILES string of the molecule is BrCCOc1ccc(Br)cc1.CC.CC. The molecule has 0 unspecified atom stereocenters. The van der Waals surface area contributed by atoms with Crippen molar-refractivity contribution in [2.45, 2.75) is 27.7 Å². The number of hydrogen-bond donors (Lipinski definition) is 0. The summed E-state index contributed by atoms with van der Waals surface area (Å²) in [7, 11) is 0. The van der Waals surface area contributed by atoms with Crippen molar-refractivity contribution in [2.24, 2.45) is 0 Å². The lowest BCUT2D eigenvalue weighted by Crippen LogP contribution is -1.96. The summed E-state index contributed by atoms with van der Waals surface area (Å²) in [6, 6.07) is 7.80. The summed E-state index contributed by atoms with van der Waals surface area (Å²) in [5, 5.41) is 0.864. The third-order valence-electron chi connectivity index (χ3n) is 1.16. The first-order valence-electron chi connectivity index (χ1n) is 5.27. The van der Waals surface area contributed by atoms with E-state index in [1.165, 1.54) is 0 Å². The maximum Gasteiger partial charge on any atom is 0.119 e. The molecule has 0 radical (unpaired) electrons. The van der Waals surface area contributed by atoms with Crippen molar-refractivity contribution in [3.8, 4) is 5.75 Å². The second-order valence-electron chi connectivity index (χ2n) is 1.99. The van der Waals surface area contributed by atoms with Crippen molar-refractivity contribution in [3.63, 3.8) is 0 Å². The Kier molecular flexibility index (Phi) is 16.2. The highest BCUT2D eigenvalue weighted by Gasteiger charge is 1.90. The molecule has 1 aromatic rings. The van der Waals surface area contributed by atoms with E-state index in [0.29, 0.717) is 6.61 Å². The van der Waals surface area contributed by atoms with Gasteiger partial charge in [-0.05, 0) is 24.3 Å². The Labute approximate surface area is 110 Å². The zero-order valence-corrected chi connectivity index (χ0v) is 13.1. The summed E-state index contributed by atoms with van der Waals surface area (Å²) in [6.45, 7) is 8.71. The van der Waals surface area contributed by atoms with Crippen LogP contribution in [0.2, 0.25) is 0 Å². The van der Waals surface area contributed by atoms with Gasteiger partial charge in [0.1, 0.15) is 5.75 Å². The molecule has 0 spiro atoms. The van der Waals surface area contributed by atoms with Crippen molar-refractivity contribution in [1.82, 2.24) is 0 Å². The molecule has 3 heteroatoms. The van der Waals surface area contributed by atoms with Crippen molar-refractivity contribution in [1.29, 1.82) is 0 Å². The van der Waals surface area contributed by atoms with Gasteiger partial charge in [-0.2, -0.15) is 0 Å². The molecule has 0 N–H and O–H groups in total. The summed E-state index contributed by atoms with van der Waals surface area (Å²) in [5.41, 5.74) is 0. The molecule has 0 atom stereocenters. The Balaban J connectivity index is 0. The van der Waals surface area contributed by atoms with E-state index in [4.69, 9.17) is 4.74 Å². The second kappa shape index (κ2) is 14.0. The Bertz CT molecular complexity index is 209. The van der Waals surface area contributed by atoms with Crippen molar-refractivity contribution in [2.75, 3.05) is 11.9 Å². The minimum Gasteiger partial charge on any atom is -0.493 e. The smallest absolute Gasteiger partial charge is 0.119 e. The van der Waals surface area contributed by atoms with E-state index in [1.807, 2.05) is 52.0 Å². The third kappa shape index (κ3) is 10.3. The molecular formula is C12H20Br2O. The van der Waals surface area contributed by atoms with E-state index in [9.17, 15) is 0 Å². The molecule has 0 aliphatic heterocycles.